The molecule has 0 aliphatic carbocycles. The number of hydrogen-bond donors (Lipinski definition) is 1. The molecule has 136 valence electrons. The first-order valence-corrected chi connectivity index (χ1v) is 11.6. The second-order valence-electron chi connectivity index (χ2n) is 8.53. The van der Waals surface area contributed by atoms with Crippen molar-refractivity contribution < 1.29 is 19.0 Å². The van der Waals surface area contributed by atoms with Gasteiger partial charge in [0.2, 0.25) is 0 Å². The summed E-state index contributed by atoms with van der Waals surface area (Å²) in [6, 6.07) is 10.1. The van der Waals surface area contributed by atoms with E-state index in [2.05, 4.69) is 46.0 Å². The third-order valence-electron chi connectivity index (χ3n) is 5.06. The maximum absolute atomic E-state index is 9.77. The first-order chi connectivity index (χ1) is 11.0. The van der Waals surface area contributed by atoms with Gasteiger partial charge in [-0.05, 0) is 37.5 Å². The molecule has 1 heterocycles. The van der Waals surface area contributed by atoms with Gasteiger partial charge in [0.25, 0.3) is 0 Å². The molecule has 1 aromatic rings. The van der Waals surface area contributed by atoms with E-state index in [0.29, 0.717) is 0 Å². The zero-order valence-electron chi connectivity index (χ0n) is 16.0. The Labute approximate surface area is 147 Å². The van der Waals surface area contributed by atoms with Crippen LogP contribution in [0.5, 0.6) is 0 Å². The van der Waals surface area contributed by atoms with Crippen molar-refractivity contribution in [3.05, 3.63) is 35.9 Å². The summed E-state index contributed by atoms with van der Waals surface area (Å²) in [5, 5.41) is 9.86. The van der Waals surface area contributed by atoms with Gasteiger partial charge in [-0.25, -0.2) is 0 Å². The van der Waals surface area contributed by atoms with Crippen LogP contribution in [0.25, 0.3) is 0 Å². The van der Waals surface area contributed by atoms with Crippen LogP contribution < -0.4 is 0 Å². The zero-order chi connectivity index (χ0) is 18.2. The van der Waals surface area contributed by atoms with Gasteiger partial charge in [-0.2, -0.15) is 0 Å². The van der Waals surface area contributed by atoms with Crippen LogP contribution >= 0.6 is 0 Å². The lowest BCUT2D eigenvalue weighted by molar-refractivity contribution is -0.156. The van der Waals surface area contributed by atoms with E-state index in [1.807, 2.05) is 32.0 Å². The fraction of sp³-hybridized carbons (Fsp3) is 0.684. The quantitative estimate of drug-likeness (QED) is 0.804. The van der Waals surface area contributed by atoms with Gasteiger partial charge < -0.3 is 19.0 Å². The monoisotopic (exact) mass is 352 g/mol. The Morgan fingerprint density at radius 3 is 2.25 bits per heavy atom. The minimum atomic E-state index is -2.02. The predicted octanol–water partition coefficient (Wildman–Crippen LogP) is 4.26. The molecule has 0 radical (unpaired) electrons. The lowest BCUT2D eigenvalue weighted by Crippen LogP contribution is -2.46. The summed E-state index contributed by atoms with van der Waals surface area (Å²) < 4.78 is 18.7. The molecule has 0 unspecified atom stereocenters. The summed E-state index contributed by atoms with van der Waals surface area (Å²) in [5.74, 6) is -0.720. The first-order valence-electron chi connectivity index (χ1n) is 8.66. The van der Waals surface area contributed by atoms with Crippen LogP contribution in [0.15, 0.2) is 30.3 Å². The summed E-state index contributed by atoms with van der Waals surface area (Å²) in [6.07, 6.45) is -0.984. The summed E-state index contributed by atoms with van der Waals surface area (Å²) in [6.45, 7) is 14.8. The minimum Gasteiger partial charge on any atom is -0.407 e. The molecule has 1 N–H and O–H groups in total. The second-order valence-corrected chi connectivity index (χ2v) is 13.3. The first kappa shape index (κ1) is 19.6. The van der Waals surface area contributed by atoms with E-state index in [1.165, 1.54) is 0 Å². The number of aliphatic hydroxyl groups excluding tert-OH is 1. The summed E-state index contributed by atoms with van der Waals surface area (Å²) in [5.41, 5.74) is 1.06. The smallest absolute Gasteiger partial charge is 0.193 e. The second kappa shape index (κ2) is 6.88. The van der Waals surface area contributed by atoms with E-state index in [9.17, 15) is 5.11 Å². The summed E-state index contributed by atoms with van der Waals surface area (Å²) in [7, 11) is -2.02. The fourth-order valence-electron chi connectivity index (χ4n) is 2.72. The molecule has 0 spiro atoms. The lowest BCUT2D eigenvalue weighted by Gasteiger charge is -2.41. The molecule has 0 saturated carbocycles. The Kier molecular flexibility index (Phi) is 5.62. The molecule has 1 fully saturated rings. The van der Waals surface area contributed by atoms with Gasteiger partial charge in [0.15, 0.2) is 14.1 Å². The predicted molar refractivity (Wildman–Crippen MR) is 98.4 cm³/mol. The van der Waals surface area contributed by atoms with E-state index in [-0.39, 0.29) is 23.9 Å². The molecule has 0 aromatic heterocycles. The Bertz CT molecular complexity index is 536. The Balaban J connectivity index is 2.38. The van der Waals surface area contributed by atoms with Gasteiger partial charge in [0.05, 0.1) is 12.7 Å². The maximum Gasteiger partial charge on any atom is 0.193 e. The standard InChI is InChI=1S/C19H32O4Si/c1-18(2,3)24(6,7)23-16(14-11-9-8-10-12-14)17-15(13-20)21-19(4,5)22-17/h8-12,15-17,20H,13H2,1-7H3/t15-,16+,17+/m1/s1. The molecule has 1 aliphatic heterocycles. The van der Waals surface area contributed by atoms with Crippen molar-refractivity contribution >= 4 is 8.32 Å². The molecular weight excluding hydrogens is 320 g/mol. The Hall–Kier alpha value is -0.723. The molecule has 0 amide bonds. The maximum atomic E-state index is 9.77. The van der Waals surface area contributed by atoms with E-state index < -0.39 is 20.2 Å². The van der Waals surface area contributed by atoms with Crippen LogP contribution in [0.4, 0.5) is 0 Å². The third-order valence-corrected chi connectivity index (χ3v) is 9.51. The van der Waals surface area contributed by atoms with Crippen LogP contribution in [0.1, 0.15) is 46.3 Å². The van der Waals surface area contributed by atoms with Crippen LogP contribution in [0.3, 0.4) is 0 Å². The fourth-order valence-corrected chi connectivity index (χ4v) is 3.98. The molecule has 24 heavy (non-hydrogen) atoms. The van der Waals surface area contributed by atoms with Crippen LogP contribution in [-0.2, 0) is 13.9 Å². The van der Waals surface area contributed by atoms with Gasteiger partial charge in [-0.15, -0.1) is 0 Å². The largest absolute Gasteiger partial charge is 0.407 e. The SMILES string of the molecule is CC1(C)O[C@H]([C@@H](O[Si](C)(C)C(C)(C)C)c2ccccc2)[C@@H](CO)O1. The van der Waals surface area contributed by atoms with Crippen molar-refractivity contribution in [1.29, 1.82) is 0 Å². The van der Waals surface area contributed by atoms with E-state index >= 15 is 0 Å². The Morgan fingerprint density at radius 1 is 1.17 bits per heavy atom. The highest BCUT2D eigenvalue weighted by molar-refractivity contribution is 6.74. The molecule has 0 bridgehead atoms. The van der Waals surface area contributed by atoms with Crippen LogP contribution in [-0.4, -0.2) is 38.0 Å². The molecule has 1 aromatic carbocycles. The number of ether oxygens (including phenoxy) is 2. The van der Waals surface area contributed by atoms with E-state index in [0.717, 1.165) is 5.56 Å². The molecule has 4 nitrogen and oxygen atoms in total. The van der Waals surface area contributed by atoms with Crippen LogP contribution in [0.2, 0.25) is 18.1 Å². The highest BCUT2D eigenvalue weighted by Gasteiger charge is 2.49. The molecular formula is C19H32O4Si. The summed E-state index contributed by atoms with van der Waals surface area (Å²) in [4.78, 5) is 0. The van der Waals surface area contributed by atoms with Gasteiger partial charge >= 0.3 is 0 Å². The Morgan fingerprint density at radius 2 is 1.75 bits per heavy atom. The van der Waals surface area contributed by atoms with Gasteiger partial charge in [0, 0.05) is 0 Å². The van der Waals surface area contributed by atoms with Gasteiger partial charge in [-0.3, -0.25) is 0 Å². The average molecular weight is 353 g/mol. The normalized spacial score (nSPS) is 25.7. The number of rotatable bonds is 5. The molecule has 2 rings (SSSR count). The number of benzene rings is 1. The molecule has 1 aliphatic rings. The van der Waals surface area contributed by atoms with E-state index in [4.69, 9.17) is 13.9 Å². The van der Waals surface area contributed by atoms with Crippen LogP contribution in [0, 0.1) is 0 Å². The third kappa shape index (κ3) is 4.27. The molecule has 1 saturated heterocycles. The van der Waals surface area contributed by atoms with Crippen molar-refractivity contribution in [3.63, 3.8) is 0 Å². The lowest BCUT2D eigenvalue weighted by atomic mass is 10.0. The zero-order valence-corrected chi connectivity index (χ0v) is 17.0. The van der Waals surface area contributed by atoms with Gasteiger partial charge in [-0.1, -0.05) is 51.1 Å². The van der Waals surface area contributed by atoms with Crippen molar-refractivity contribution in [3.8, 4) is 0 Å². The van der Waals surface area contributed by atoms with Crippen molar-refractivity contribution in [2.75, 3.05) is 6.61 Å². The van der Waals surface area contributed by atoms with Gasteiger partial charge in [0.1, 0.15) is 12.2 Å². The molecule has 3 atom stereocenters. The van der Waals surface area contributed by atoms with Crippen molar-refractivity contribution in [1.82, 2.24) is 0 Å². The number of hydrogen-bond acceptors (Lipinski definition) is 4. The average Bonchev–Trinajstić information content (AvgIpc) is 2.79. The molecule has 5 heteroatoms. The number of aliphatic hydroxyl groups is 1. The highest BCUT2D eigenvalue weighted by atomic mass is 28.4. The van der Waals surface area contributed by atoms with Crippen molar-refractivity contribution in [2.45, 2.75) is 76.8 Å². The summed E-state index contributed by atoms with van der Waals surface area (Å²) >= 11 is 0. The highest BCUT2D eigenvalue weighted by Crippen LogP contribution is 2.44. The minimum absolute atomic E-state index is 0.0850. The topological polar surface area (TPSA) is 47.9 Å². The van der Waals surface area contributed by atoms with Crippen molar-refractivity contribution in [2.24, 2.45) is 0 Å². The van der Waals surface area contributed by atoms with E-state index in [1.54, 1.807) is 0 Å².